The Morgan fingerprint density at radius 2 is 1.90 bits per heavy atom. The molecule has 0 aromatic rings. The van der Waals surface area contributed by atoms with Gasteiger partial charge in [-0.15, -0.1) is 0 Å². The first-order valence-electron chi connectivity index (χ1n) is 3.58. The predicted octanol–water partition coefficient (Wildman–Crippen LogP) is 1.80. The number of hydrogen-bond acceptors (Lipinski definition) is 2. The molecule has 2 nitrogen and oxygen atoms in total. The van der Waals surface area contributed by atoms with Crippen molar-refractivity contribution in [1.82, 2.24) is 0 Å². The number of hydrogen-bond donors (Lipinski definition) is 0. The summed E-state index contributed by atoms with van der Waals surface area (Å²) in [5.74, 6) is 0.157. The van der Waals surface area contributed by atoms with Crippen LogP contribution < -0.4 is 0 Å². The topological polar surface area (TPSA) is 26.3 Å². The van der Waals surface area contributed by atoms with Gasteiger partial charge in [-0.25, -0.2) is 0 Å². The van der Waals surface area contributed by atoms with Crippen molar-refractivity contribution in [3.63, 3.8) is 0 Å². The molecule has 0 aliphatic heterocycles. The highest BCUT2D eigenvalue weighted by Gasteiger charge is 2.10. The van der Waals surface area contributed by atoms with Crippen molar-refractivity contribution in [2.75, 3.05) is 0 Å². The monoisotopic (exact) mass is 143 g/mol. The van der Waals surface area contributed by atoms with E-state index in [0.29, 0.717) is 5.92 Å². The van der Waals surface area contributed by atoms with Crippen LogP contribution in [-0.4, -0.2) is 12.1 Å². The summed E-state index contributed by atoms with van der Waals surface area (Å²) in [5, 5.41) is 0. The molecule has 0 N–H and O–H groups in total. The highest BCUT2D eigenvalue weighted by Crippen LogP contribution is 2.05. The Hall–Kier alpha value is -0.530. The standard InChI is InChI=1S/C8H15O2/c1-5-8(9)10-7(4)6(2)3/h5-7H,1-4H3. The first-order chi connectivity index (χ1) is 4.57. The van der Waals surface area contributed by atoms with Gasteiger partial charge in [0.2, 0.25) is 0 Å². The molecule has 59 valence electrons. The van der Waals surface area contributed by atoms with Gasteiger partial charge in [0, 0.05) is 0 Å². The summed E-state index contributed by atoms with van der Waals surface area (Å²) in [5.41, 5.74) is 0. The molecule has 0 aromatic heterocycles. The molecule has 0 spiro atoms. The second kappa shape index (κ2) is 4.31. The van der Waals surface area contributed by atoms with Gasteiger partial charge >= 0.3 is 5.97 Å². The van der Waals surface area contributed by atoms with Crippen LogP contribution in [0.5, 0.6) is 0 Å². The van der Waals surface area contributed by atoms with Gasteiger partial charge in [0.15, 0.2) is 0 Å². The maximum atomic E-state index is 10.6. The fourth-order valence-electron chi connectivity index (χ4n) is 0.387. The Bertz CT molecular complexity index is 108. The SMILES string of the molecule is C[CH]C(=O)OC(C)C(C)C. The number of rotatable bonds is 3. The van der Waals surface area contributed by atoms with E-state index >= 15 is 0 Å². The zero-order chi connectivity index (χ0) is 8.15. The van der Waals surface area contributed by atoms with Gasteiger partial charge in [0.25, 0.3) is 0 Å². The minimum atomic E-state index is -0.235. The van der Waals surface area contributed by atoms with E-state index in [1.54, 1.807) is 6.92 Å². The molecular formula is C8H15O2. The van der Waals surface area contributed by atoms with Crippen LogP contribution in [0.25, 0.3) is 0 Å². The molecule has 0 aromatic carbocycles. The van der Waals surface area contributed by atoms with Crippen LogP contribution in [0.4, 0.5) is 0 Å². The predicted molar refractivity (Wildman–Crippen MR) is 40.4 cm³/mol. The van der Waals surface area contributed by atoms with Gasteiger partial charge in [0.1, 0.15) is 6.10 Å². The third kappa shape index (κ3) is 3.49. The van der Waals surface area contributed by atoms with Crippen LogP contribution in [0.3, 0.4) is 0 Å². The smallest absolute Gasteiger partial charge is 0.309 e. The number of ether oxygens (including phenoxy) is 1. The number of esters is 1. The lowest BCUT2D eigenvalue weighted by Crippen LogP contribution is -2.19. The zero-order valence-corrected chi connectivity index (χ0v) is 7.05. The summed E-state index contributed by atoms with van der Waals surface area (Å²) >= 11 is 0. The van der Waals surface area contributed by atoms with Gasteiger partial charge in [0.05, 0.1) is 6.42 Å². The van der Waals surface area contributed by atoms with Gasteiger partial charge in [-0.05, 0) is 12.8 Å². The summed E-state index contributed by atoms with van der Waals surface area (Å²) in [7, 11) is 0. The molecule has 0 heterocycles. The second-order valence-corrected chi connectivity index (χ2v) is 2.67. The maximum absolute atomic E-state index is 10.6. The van der Waals surface area contributed by atoms with Gasteiger partial charge in [-0.2, -0.15) is 0 Å². The minimum absolute atomic E-state index is 0.0173. The van der Waals surface area contributed by atoms with Gasteiger partial charge in [-0.1, -0.05) is 20.8 Å². The molecule has 0 saturated carbocycles. The van der Waals surface area contributed by atoms with E-state index in [4.69, 9.17) is 4.74 Å². The number of carbonyl (C=O) groups excluding carboxylic acids is 1. The van der Waals surface area contributed by atoms with Crippen LogP contribution in [-0.2, 0) is 9.53 Å². The van der Waals surface area contributed by atoms with E-state index < -0.39 is 0 Å². The summed E-state index contributed by atoms with van der Waals surface area (Å²) in [4.78, 5) is 10.6. The lowest BCUT2D eigenvalue weighted by Gasteiger charge is -2.15. The second-order valence-electron chi connectivity index (χ2n) is 2.67. The highest BCUT2D eigenvalue weighted by atomic mass is 16.5. The lowest BCUT2D eigenvalue weighted by atomic mass is 10.1. The molecule has 2 heteroatoms. The summed E-state index contributed by atoms with van der Waals surface area (Å²) in [6, 6.07) is 0. The van der Waals surface area contributed by atoms with E-state index in [1.165, 1.54) is 6.42 Å². The minimum Gasteiger partial charge on any atom is -0.462 e. The first kappa shape index (κ1) is 9.47. The van der Waals surface area contributed by atoms with Crippen molar-refractivity contribution in [1.29, 1.82) is 0 Å². The molecule has 0 saturated heterocycles. The normalized spacial score (nSPS) is 13.3. The van der Waals surface area contributed by atoms with Crippen molar-refractivity contribution in [2.45, 2.75) is 33.8 Å². The van der Waals surface area contributed by atoms with Crippen molar-refractivity contribution < 1.29 is 9.53 Å². The molecule has 10 heavy (non-hydrogen) atoms. The van der Waals surface area contributed by atoms with E-state index in [9.17, 15) is 4.79 Å². The van der Waals surface area contributed by atoms with Gasteiger partial charge < -0.3 is 4.74 Å². The average Bonchev–Trinajstić information content (AvgIpc) is 1.87. The summed E-state index contributed by atoms with van der Waals surface area (Å²) in [6.07, 6.45) is 1.45. The van der Waals surface area contributed by atoms with E-state index in [1.807, 2.05) is 20.8 Å². The van der Waals surface area contributed by atoms with Crippen molar-refractivity contribution in [2.24, 2.45) is 5.92 Å². The van der Waals surface area contributed by atoms with Crippen LogP contribution in [0.15, 0.2) is 0 Å². The molecule has 0 amide bonds. The fourth-order valence-corrected chi connectivity index (χ4v) is 0.387. The quantitative estimate of drug-likeness (QED) is 0.563. The zero-order valence-electron chi connectivity index (χ0n) is 7.05. The Balaban J connectivity index is 3.57. The molecule has 0 aliphatic carbocycles. The Kier molecular flexibility index (Phi) is 4.08. The largest absolute Gasteiger partial charge is 0.462 e. The van der Waals surface area contributed by atoms with Crippen molar-refractivity contribution in [3.05, 3.63) is 6.42 Å². The maximum Gasteiger partial charge on any atom is 0.309 e. The molecule has 1 unspecified atom stereocenters. The lowest BCUT2D eigenvalue weighted by molar-refractivity contribution is -0.145. The van der Waals surface area contributed by atoms with Crippen LogP contribution in [0, 0.1) is 12.3 Å². The van der Waals surface area contributed by atoms with Crippen molar-refractivity contribution in [3.8, 4) is 0 Å². The Labute approximate surface area is 62.6 Å². The fraction of sp³-hybridized carbons (Fsp3) is 0.750. The van der Waals surface area contributed by atoms with Crippen molar-refractivity contribution >= 4 is 5.97 Å². The third-order valence-corrected chi connectivity index (χ3v) is 1.48. The Morgan fingerprint density at radius 3 is 2.20 bits per heavy atom. The van der Waals surface area contributed by atoms with E-state index in [2.05, 4.69) is 0 Å². The third-order valence-electron chi connectivity index (χ3n) is 1.48. The van der Waals surface area contributed by atoms with Crippen LogP contribution >= 0.6 is 0 Å². The van der Waals surface area contributed by atoms with Crippen LogP contribution in [0.1, 0.15) is 27.7 Å². The van der Waals surface area contributed by atoms with Crippen LogP contribution in [0.2, 0.25) is 0 Å². The summed E-state index contributed by atoms with van der Waals surface area (Å²) in [6.45, 7) is 7.61. The molecule has 0 fully saturated rings. The molecule has 0 aliphatic rings. The first-order valence-corrected chi connectivity index (χ1v) is 3.58. The van der Waals surface area contributed by atoms with E-state index in [0.717, 1.165) is 0 Å². The number of carbonyl (C=O) groups is 1. The molecular weight excluding hydrogens is 128 g/mol. The molecule has 1 radical (unpaired) electrons. The van der Waals surface area contributed by atoms with Gasteiger partial charge in [-0.3, -0.25) is 4.79 Å². The molecule has 0 bridgehead atoms. The molecule has 1 atom stereocenters. The summed E-state index contributed by atoms with van der Waals surface area (Å²) < 4.78 is 4.97. The molecule has 0 rings (SSSR count). The van der Waals surface area contributed by atoms with E-state index in [-0.39, 0.29) is 12.1 Å². The Morgan fingerprint density at radius 1 is 1.40 bits per heavy atom. The highest BCUT2D eigenvalue weighted by molar-refractivity contribution is 5.78. The average molecular weight is 143 g/mol.